The molecule has 0 bridgehead atoms. The first-order valence-electron chi connectivity index (χ1n) is 15.1. The number of phenols is 1. The molecule has 0 aliphatic heterocycles. The average Bonchev–Trinajstić information content (AvgIpc) is 3.47. The van der Waals surface area contributed by atoms with Gasteiger partial charge < -0.3 is 20.3 Å². The number of aromatic nitrogens is 3. The van der Waals surface area contributed by atoms with E-state index in [1.54, 1.807) is 54.9 Å². The van der Waals surface area contributed by atoms with Gasteiger partial charge >= 0.3 is 12.0 Å². The number of anilines is 1. The molecular weight excluding hydrogens is 634 g/mol. The van der Waals surface area contributed by atoms with Crippen LogP contribution in [0.1, 0.15) is 59.2 Å². The van der Waals surface area contributed by atoms with Crippen molar-refractivity contribution in [2.24, 2.45) is 0 Å². The largest absolute Gasteiger partial charge is 0.508 e. The number of nitrogens with zero attached hydrogens (tertiary/aromatic N) is 3. The molecule has 0 fully saturated rings. The molecule has 0 radical (unpaired) electrons. The van der Waals surface area contributed by atoms with Crippen LogP contribution in [0.25, 0.3) is 11.4 Å². The molecule has 12 heteroatoms. The number of nitrogens with one attached hydrogen (secondary N) is 2. The number of phenolic OH excluding ortho intramolecular Hbond substituents is 1. The van der Waals surface area contributed by atoms with Gasteiger partial charge in [0.2, 0.25) is 0 Å². The summed E-state index contributed by atoms with van der Waals surface area (Å²) in [5, 5.41) is 29.5. The summed E-state index contributed by atoms with van der Waals surface area (Å²) in [4.78, 5) is 38.0. The number of aromatic hydroxyl groups is 1. The quantitative estimate of drug-likeness (QED) is 0.134. The number of aromatic carboxylic acids is 1. The van der Waals surface area contributed by atoms with Gasteiger partial charge in [-0.1, -0.05) is 62.7 Å². The Balaban J connectivity index is 1.31. The fraction of sp³-hybridized carbons (Fsp3) is 0.222. The normalized spacial score (nSPS) is 11.3. The van der Waals surface area contributed by atoms with Gasteiger partial charge in [0.25, 0.3) is 5.56 Å². The summed E-state index contributed by atoms with van der Waals surface area (Å²) in [6.07, 6.45) is 0. The standard InChI is InChI=1S/C36H36ClN5O6/c1-21-10-11-23(34(45)46)17-28(21)41-22(2)16-29(32(37)33(41)44)48-20-25-9-7-6-8-24(25)19-38-35(47)39-31-18-30(36(3,4)5)40-42(31)26-12-14-27(43)15-13-26/h6-18,43H,19-20H2,1-5H3,(H,45,46)(H2,38,39,47). The molecule has 0 unspecified atom stereocenters. The van der Waals surface area contributed by atoms with E-state index in [1.165, 1.54) is 16.7 Å². The smallest absolute Gasteiger partial charge is 0.335 e. The van der Waals surface area contributed by atoms with Crippen LogP contribution in [0.3, 0.4) is 0 Å². The lowest BCUT2D eigenvalue weighted by atomic mass is 9.92. The summed E-state index contributed by atoms with van der Waals surface area (Å²) in [6.45, 7) is 9.83. The number of carboxylic acid groups (broad SMARTS) is 1. The molecule has 5 rings (SSSR count). The number of rotatable bonds is 9. The fourth-order valence-corrected chi connectivity index (χ4v) is 5.25. The summed E-state index contributed by atoms with van der Waals surface area (Å²) in [7, 11) is 0. The number of pyridine rings is 1. The van der Waals surface area contributed by atoms with Gasteiger partial charge in [-0.2, -0.15) is 5.10 Å². The van der Waals surface area contributed by atoms with Gasteiger partial charge in [-0.25, -0.2) is 14.3 Å². The second-order valence-corrected chi connectivity index (χ2v) is 12.7. The Hall–Kier alpha value is -5.55. The van der Waals surface area contributed by atoms with E-state index < -0.39 is 17.6 Å². The lowest BCUT2D eigenvalue weighted by Gasteiger charge is -2.17. The predicted octanol–water partition coefficient (Wildman–Crippen LogP) is 6.90. The first-order valence-corrected chi connectivity index (χ1v) is 15.5. The van der Waals surface area contributed by atoms with Crippen molar-refractivity contribution >= 4 is 29.4 Å². The van der Waals surface area contributed by atoms with Gasteiger partial charge in [-0.3, -0.25) is 14.7 Å². The molecule has 0 saturated carbocycles. The Morgan fingerprint density at radius 2 is 1.65 bits per heavy atom. The van der Waals surface area contributed by atoms with Gasteiger partial charge in [0.05, 0.1) is 22.6 Å². The minimum Gasteiger partial charge on any atom is -0.508 e. The van der Waals surface area contributed by atoms with E-state index in [4.69, 9.17) is 21.4 Å². The van der Waals surface area contributed by atoms with E-state index >= 15 is 0 Å². The lowest BCUT2D eigenvalue weighted by Crippen LogP contribution is -2.29. The molecule has 0 aliphatic carbocycles. The topological polar surface area (TPSA) is 148 Å². The van der Waals surface area contributed by atoms with E-state index in [-0.39, 0.29) is 40.7 Å². The molecular formula is C36H36ClN5O6. The number of hydrogen-bond donors (Lipinski definition) is 4. The number of carbonyl (C=O) groups excluding carboxylic acids is 1. The van der Waals surface area contributed by atoms with Crippen LogP contribution in [0.5, 0.6) is 11.5 Å². The van der Waals surface area contributed by atoms with Crippen LogP contribution in [-0.4, -0.2) is 36.6 Å². The highest BCUT2D eigenvalue weighted by Gasteiger charge is 2.22. The van der Waals surface area contributed by atoms with Crippen molar-refractivity contribution in [3.05, 3.63) is 128 Å². The van der Waals surface area contributed by atoms with Gasteiger partial charge in [-0.15, -0.1) is 0 Å². The molecule has 4 N–H and O–H groups in total. The van der Waals surface area contributed by atoms with Crippen LogP contribution >= 0.6 is 11.6 Å². The molecule has 2 aromatic heterocycles. The molecule has 5 aromatic rings. The van der Waals surface area contributed by atoms with Crippen LogP contribution in [0, 0.1) is 13.8 Å². The van der Waals surface area contributed by atoms with Crippen molar-refractivity contribution in [1.82, 2.24) is 19.7 Å². The molecule has 0 aliphatic rings. The number of benzene rings is 3. The van der Waals surface area contributed by atoms with E-state index in [0.29, 0.717) is 28.5 Å². The van der Waals surface area contributed by atoms with Crippen LogP contribution in [0.15, 0.2) is 83.7 Å². The lowest BCUT2D eigenvalue weighted by molar-refractivity contribution is 0.0696. The Bertz CT molecular complexity index is 2060. The third kappa shape index (κ3) is 7.37. The van der Waals surface area contributed by atoms with E-state index in [1.807, 2.05) is 51.1 Å². The number of carboxylic acids is 1. The molecule has 48 heavy (non-hydrogen) atoms. The first kappa shape index (κ1) is 33.8. The number of hydrogen-bond acceptors (Lipinski definition) is 6. The van der Waals surface area contributed by atoms with E-state index in [9.17, 15) is 24.6 Å². The molecule has 11 nitrogen and oxygen atoms in total. The maximum Gasteiger partial charge on any atom is 0.335 e. The third-order valence-electron chi connectivity index (χ3n) is 7.75. The Morgan fingerprint density at radius 3 is 2.31 bits per heavy atom. The van der Waals surface area contributed by atoms with Crippen molar-refractivity contribution < 1.29 is 24.5 Å². The number of amides is 2. The van der Waals surface area contributed by atoms with Gasteiger partial charge in [0, 0.05) is 29.8 Å². The van der Waals surface area contributed by atoms with Crippen molar-refractivity contribution in [1.29, 1.82) is 0 Å². The van der Waals surface area contributed by atoms with Gasteiger partial charge in [0.15, 0.2) is 0 Å². The molecule has 0 spiro atoms. The zero-order chi connectivity index (χ0) is 34.7. The summed E-state index contributed by atoms with van der Waals surface area (Å²) in [5.41, 5.74) is 3.89. The van der Waals surface area contributed by atoms with Crippen molar-refractivity contribution in [2.45, 2.75) is 53.2 Å². The number of aryl methyl sites for hydroxylation is 2. The molecule has 2 heterocycles. The molecule has 2 amide bonds. The van der Waals surface area contributed by atoms with Crippen molar-refractivity contribution in [2.75, 3.05) is 5.32 Å². The summed E-state index contributed by atoms with van der Waals surface area (Å²) in [6, 6.07) is 21.5. The summed E-state index contributed by atoms with van der Waals surface area (Å²) >= 11 is 6.50. The highest BCUT2D eigenvalue weighted by atomic mass is 35.5. The Kier molecular flexibility index (Phi) is 9.62. The maximum atomic E-state index is 13.4. The van der Waals surface area contributed by atoms with Gasteiger partial charge in [-0.05, 0) is 66.9 Å². The predicted molar refractivity (Wildman–Crippen MR) is 184 cm³/mol. The van der Waals surface area contributed by atoms with Gasteiger partial charge in [0.1, 0.15) is 28.9 Å². The second kappa shape index (κ2) is 13.7. The SMILES string of the molecule is Cc1ccc(C(=O)O)cc1-n1c(C)cc(OCc2ccccc2CNC(=O)Nc2cc(C(C)(C)C)nn2-c2ccc(O)cc2)c(Cl)c1=O. The number of urea groups is 1. The third-order valence-corrected chi connectivity index (χ3v) is 8.10. The number of carbonyl (C=O) groups is 2. The van der Waals surface area contributed by atoms with Crippen LogP contribution in [0.2, 0.25) is 5.02 Å². The second-order valence-electron chi connectivity index (χ2n) is 12.4. The highest BCUT2D eigenvalue weighted by Crippen LogP contribution is 2.28. The number of halogens is 1. The maximum absolute atomic E-state index is 13.4. The van der Waals surface area contributed by atoms with E-state index in [2.05, 4.69) is 10.6 Å². The van der Waals surface area contributed by atoms with Crippen LogP contribution in [-0.2, 0) is 18.6 Å². The van der Waals surface area contributed by atoms with Crippen molar-refractivity contribution in [3.63, 3.8) is 0 Å². The Labute approximate surface area is 282 Å². The first-order chi connectivity index (χ1) is 22.7. The minimum absolute atomic E-state index is 0.0508. The molecule has 0 atom stereocenters. The van der Waals surface area contributed by atoms with E-state index in [0.717, 1.165) is 16.8 Å². The zero-order valence-corrected chi connectivity index (χ0v) is 27.9. The zero-order valence-electron chi connectivity index (χ0n) is 27.2. The average molecular weight is 670 g/mol. The van der Waals surface area contributed by atoms with Crippen LogP contribution < -0.4 is 20.9 Å². The molecule has 3 aromatic carbocycles. The van der Waals surface area contributed by atoms with Crippen molar-refractivity contribution in [3.8, 4) is 22.9 Å². The van der Waals surface area contributed by atoms with Crippen LogP contribution in [0.4, 0.5) is 10.6 Å². The summed E-state index contributed by atoms with van der Waals surface area (Å²) in [5.74, 6) is -0.338. The monoisotopic (exact) mass is 669 g/mol. The Morgan fingerprint density at radius 1 is 0.958 bits per heavy atom. The highest BCUT2D eigenvalue weighted by molar-refractivity contribution is 6.31. The molecule has 248 valence electrons. The number of ether oxygens (including phenoxy) is 1. The minimum atomic E-state index is -1.10. The fourth-order valence-electron chi connectivity index (χ4n) is 5.06. The molecule has 0 saturated heterocycles. The summed E-state index contributed by atoms with van der Waals surface area (Å²) < 4.78 is 9.00.